The summed E-state index contributed by atoms with van der Waals surface area (Å²) in [6, 6.07) is 6.60. The predicted octanol–water partition coefficient (Wildman–Crippen LogP) is 3.22. The number of rotatable bonds is 5. The molecule has 116 valence electrons. The van der Waals surface area contributed by atoms with Gasteiger partial charge in [0.2, 0.25) is 0 Å². The Morgan fingerprint density at radius 1 is 1.32 bits per heavy atom. The van der Waals surface area contributed by atoms with Gasteiger partial charge in [-0.05, 0) is 35.4 Å². The Bertz CT molecular complexity index is 709. The molecule has 6 heteroatoms. The molecule has 0 saturated heterocycles. The van der Waals surface area contributed by atoms with Crippen LogP contribution in [-0.4, -0.2) is 11.9 Å². The minimum atomic E-state index is -1.29. The number of aromatic carboxylic acids is 1. The average Bonchev–Trinajstić information content (AvgIpc) is 2.81. The fraction of sp³-hybridized carbons (Fsp3) is 0.250. The summed E-state index contributed by atoms with van der Waals surface area (Å²) in [5.41, 5.74) is 1.03. The van der Waals surface area contributed by atoms with Crippen molar-refractivity contribution < 1.29 is 14.7 Å². The summed E-state index contributed by atoms with van der Waals surface area (Å²) in [6.45, 7) is 4.00. The van der Waals surface area contributed by atoms with E-state index >= 15 is 0 Å². The molecular formula is C16H15ClNO3S-. The third kappa shape index (κ3) is 3.67. The minimum Gasteiger partial charge on any atom is -0.545 e. The van der Waals surface area contributed by atoms with Crippen LogP contribution in [-0.2, 0) is 6.42 Å². The fourth-order valence-corrected chi connectivity index (χ4v) is 3.29. The highest BCUT2D eigenvalue weighted by molar-refractivity contribution is 7.15. The third-order valence-electron chi connectivity index (χ3n) is 3.05. The van der Waals surface area contributed by atoms with Gasteiger partial charge >= 0.3 is 0 Å². The van der Waals surface area contributed by atoms with Crippen LogP contribution in [0.5, 0.6) is 0 Å². The number of carbonyl (C=O) groups excluding carboxylic acids is 2. The number of anilines is 1. The SMILES string of the molecule is CC(C)Cc1csc(NC(=O)c2ccccc2Cl)c1C(=O)[O-]. The Kier molecular flexibility index (Phi) is 5.21. The van der Waals surface area contributed by atoms with Gasteiger partial charge in [-0.25, -0.2) is 0 Å². The standard InChI is InChI=1S/C16H16ClNO3S/c1-9(2)7-10-8-22-15(13(10)16(20)21)18-14(19)11-5-3-4-6-12(11)17/h3-6,8-9H,7H2,1-2H3,(H,18,19)(H,20,21)/p-1. The van der Waals surface area contributed by atoms with E-state index in [1.165, 1.54) is 11.3 Å². The van der Waals surface area contributed by atoms with Crippen molar-refractivity contribution >= 4 is 39.8 Å². The molecule has 0 atom stereocenters. The van der Waals surface area contributed by atoms with Gasteiger partial charge in [0.1, 0.15) is 5.00 Å². The molecule has 4 nitrogen and oxygen atoms in total. The number of amides is 1. The first-order chi connectivity index (χ1) is 10.4. The van der Waals surface area contributed by atoms with Crippen molar-refractivity contribution in [1.29, 1.82) is 0 Å². The molecule has 0 radical (unpaired) electrons. The van der Waals surface area contributed by atoms with Crippen molar-refractivity contribution in [2.45, 2.75) is 20.3 Å². The Morgan fingerprint density at radius 2 is 2.00 bits per heavy atom. The third-order valence-corrected chi connectivity index (χ3v) is 4.32. The summed E-state index contributed by atoms with van der Waals surface area (Å²) in [4.78, 5) is 23.6. The molecular weight excluding hydrogens is 322 g/mol. The molecule has 1 aromatic carbocycles. The Labute approximate surface area is 137 Å². The maximum absolute atomic E-state index is 12.2. The maximum Gasteiger partial charge on any atom is 0.257 e. The second-order valence-corrected chi connectivity index (χ2v) is 6.57. The first kappa shape index (κ1) is 16.5. The number of carbonyl (C=O) groups is 2. The molecule has 2 rings (SSSR count). The second kappa shape index (κ2) is 6.94. The van der Waals surface area contributed by atoms with Gasteiger partial charge in [0, 0.05) is 5.56 Å². The molecule has 1 heterocycles. The number of benzene rings is 1. The Hall–Kier alpha value is -1.85. The summed E-state index contributed by atoms with van der Waals surface area (Å²) in [6.07, 6.45) is 0.613. The molecule has 1 amide bonds. The number of hydrogen-bond acceptors (Lipinski definition) is 4. The normalized spacial score (nSPS) is 10.7. The van der Waals surface area contributed by atoms with E-state index in [1.54, 1.807) is 29.6 Å². The van der Waals surface area contributed by atoms with Crippen molar-refractivity contribution in [3.8, 4) is 0 Å². The van der Waals surface area contributed by atoms with Crippen molar-refractivity contribution in [2.75, 3.05) is 5.32 Å². The number of thiophene rings is 1. The van der Waals surface area contributed by atoms with Gasteiger partial charge < -0.3 is 15.2 Å². The molecule has 0 bridgehead atoms. The van der Waals surface area contributed by atoms with E-state index in [0.29, 0.717) is 28.5 Å². The van der Waals surface area contributed by atoms with Crippen LogP contribution in [0.2, 0.25) is 5.02 Å². The molecule has 0 unspecified atom stereocenters. The van der Waals surface area contributed by atoms with Gasteiger partial charge in [0.15, 0.2) is 0 Å². The van der Waals surface area contributed by atoms with E-state index in [0.717, 1.165) is 0 Å². The number of carboxylic acid groups (broad SMARTS) is 1. The van der Waals surface area contributed by atoms with Crippen LogP contribution in [0.1, 0.15) is 40.1 Å². The molecule has 0 aliphatic rings. The van der Waals surface area contributed by atoms with Crippen LogP contribution >= 0.6 is 22.9 Å². The summed E-state index contributed by atoms with van der Waals surface area (Å²) in [7, 11) is 0. The minimum absolute atomic E-state index is 0.0547. The lowest BCUT2D eigenvalue weighted by Gasteiger charge is -2.11. The van der Waals surface area contributed by atoms with E-state index in [2.05, 4.69) is 5.32 Å². The van der Waals surface area contributed by atoms with Gasteiger partial charge in [-0.2, -0.15) is 0 Å². The molecule has 1 aromatic heterocycles. The van der Waals surface area contributed by atoms with E-state index in [4.69, 9.17) is 11.6 Å². The van der Waals surface area contributed by atoms with Crippen LogP contribution < -0.4 is 10.4 Å². The van der Waals surface area contributed by atoms with Gasteiger partial charge in [-0.3, -0.25) is 4.79 Å². The van der Waals surface area contributed by atoms with Crippen molar-refractivity contribution in [3.05, 3.63) is 51.4 Å². The van der Waals surface area contributed by atoms with Crippen LogP contribution in [0.3, 0.4) is 0 Å². The highest BCUT2D eigenvalue weighted by atomic mass is 35.5. The van der Waals surface area contributed by atoms with Crippen LogP contribution in [0.25, 0.3) is 0 Å². The van der Waals surface area contributed by atoms with E-state index in [9.17, 15) is 14.7 Å². The molecule has 22 heavy (non-hydrogen) atoms. The zero-order valence-electron chi connectivity index (χ0n) is 12.2. The van der Waals surface area contributed by atoms with Gasteiger partial charge in [-0.15, -0.1) is 11.3 Å². The summed E-state index contributed by atoms with van der Waals surface area (Å²) < 4.78 is 0. The predicted molar refractivity (Wildman–Crippen MR) is 86.6 cm³/mol. The maximum atomic E-state index is 12.2. The largest absolute Gasteiger partial charge is 0.545 e. The van der Waals surface area contributed by atoms with E-state index < -0.39 is 11.9 Å². The Morgan fingerprint density at radius 3 is 2.59 bits per heavy atom. The summed E-state index contributed by atoms with van der Waals surface area (Å²) in [5.74, 6) is -1.42. The van der Waals surface area contributed by atoms with Crippen LogP contribution in [0.15, 0.2) is 29.6 Å². The summed E-state index contributed by atoms with van der Waals surface area (Å²) >= 11 is 7.16. The van der Waals surface area contributed by atoms with Gasteiger partial charge in [0.25, 0.3) is 5.91 Å². The lowest BCUT2D eigenvalue weighted by Crippen LogP contribution is -2.25. The molecule has 0 spiro atoms. The molecule has 1 N–H and O–H groups in total. The highest BCUT2D eigenvalue weighted by Gasteiger charge is 2.17. The zero-order chi connectivity index (χ0) is 16.3. The number of carboxylic acids is 1. The molecule has 0 aliphatic carbocycles. The first-order valence-corrected chi connectivity index (χ1v) is 8.03. The molecule has 0 saturated carbocycles. The van der Waals surface area contributed by atoms with Crippen molar-refractivity contribution in [3.63, 3.8) is 0 Å². The van der Waals surface area contributed by atoms with E-state index in [1.807, 2.05) is 13.8 Å². The lowest BCUT2D eigenvalue weighted by molar-refractivity contribution is -0.254. The molecule has 2 aromatic rings. The summed E-state index contributed by atoms with van der Waals surface area (Å²) in [5, 5.41) is 16.3. The Balaban J connectivity index is 2.30. The topological polar surface area (TPSA) is 69.2 Å². The van der Waals surface area contributed by atoms with Crippen LogP contribution in [0, 0.1) is 5.92 Å². The van der Waals surface area contributed by atoms with Crippen LogP contribution in [0.4, 0.5) is 5.00 Å². The average molecular weight is 337 g/mol. The number of halogens is 1. The lowest BCUT2D eigenvalue weighted by atomic mass is 10.0. The van der Waals surface area contributed by atoms with Crippen molar-refractivity contribution in [2.24, 2.45) is 5.92 Å². The fourth-order valence-electron chi connectivity index (χ4n) is 2.12. The highest BCUT2D eigenvalue weighted by Crippen LogP contribution is 2.30. The first-order valence-electron chi connectivity index (χ1n) is 6.77. The van der Waals surface area contributed by atoms with Crippen molar-refractivity contribution in [1.82, 2.24) is 0 Å². The monoisotopic (exact) mass is 336 g/mol. The van der Waals surface area contributed by atoms with E-state index in [-0.39, 0.29) is 10.6 Å². The number of nitrogens with one attached hydrogen (secondary N) is 1. The zero-order valence-corrected chi connectivity index (χ0v) is 13.8. The smallest absolute Gasteiger partial charge is 0.257 e. The molecule has 0 fully saturated rings. The number of hydrogen-bond donors (Lipinski definition) is 1. The molecule has 0 aliphatic heterocycles. The quantitative estimate of drug-likeness (QED) is 0.911. The van der Waals surface area contributed by atoms with Gasteiger partial charge in [-0.1, -0.05) is 37.6 Å². The second-order valence-electron chi connectivity index (χ2n) is 5.28. The van der Waals surface area contributed by atoms with Gasteiger partial charge in [0.05, 0.1) is 16.6 Å².